The number of phenolic OH excluding ortho intramolecular Hbond substituents is 1. The van der Waals surface area contributed by atoms with Crippen molar-refractivity contribution in [2.45, 2.75) is 20.0 Å². The number of benzene rings is 3. The Hall–Kier alpha value is -3.51. The number of aromatic hydroxyl groups is 1. The Labute approximate surface area is 185 Å². The van der Waals surface area contributed by atoms with Gasteiger partial charge in [0.1, 0.15) is 0 Å². The SMILES string of the molecule is CCOc1cc(/C=N/NC(=O)c2ccc3c(c2)CN(c2ccc(Cl)cc2)C3)ccc1O. The summed E-state index contributed by atoms with van der Waals surface area (Å²) in [5.74, 6) is 0.156. The average molecular weight is 436 g/mol. The number of carbonyl (C=O) groups excluding carboxylic acids is 1. The van der Waals surface area contributed by atoms with E-state index in [9.17, 15) is 9.90 Å². The molecule has 1 aliphatic rings. The standard InChI is InChI=1S/C24H22ClN3O3/c1-2-31-23-11-16(3-10-22(23)29)13-26-27-24(30)17-4-5-18-14-28(15-19(18)12-17)21-8-6-20(25)7-9-21/h3-13,29H,2,14-15H2,1H3,(H,27,30)/b26-13+. The lowest BCUT2D eigenvalue weighted by Gasteiger charge is -2.17. The first kappa shape index (κ1) is 20.8. The van der Waals surface area contributed by atoms with Gasteiger partial charge in [-0.15, -0.1) is 0 Å². The number of hydrazone groups is 1. The van der Waals surface area contributed by atoms with Crippen molar-refractivity contribution in [2.75, 3.05) is 11.5 Å². The van der Waals surface area contributed by atoms with Gasteiger partial charge in [0.25, 0.3) is 5.91 Å². The highest BCUT2D eigenvalue weighted by Gasteiger charge is 2.20. The molecule has 0 spiro atoms. The number of hydrogen-bond acceptors (Lipinski definition) is 5. The maximum Gasteiger partial charge on any atom is 0.271 e. The molecule has 0 fully saturated rings. The Balaban J connectivity index is 1.41. The van der Waals surface area contributed by atoms with E-state index in [1.807, 2.05) is 49.4 Å². The van der Waals surface area contributed by atoms with Gasteiger partial charge in [-0.1, -0.05) is 17.7 Å². The number of halogens is 1. The molecule has 158 valence electrons. The van der Waals surface area contributed by atoms with E-state index >= 15 is 0 Å². The van der Waals surface area contributed by atoms with Crippen LogP contribution in [-0.2, 0) is 13.1 Å². The monoisotopic (exact) mass is 435 g/mol. The highest BCUT2D eigenvalue weighted by Crippen LogP contribution is 2.30. The van der Waals surface area contributed by atoms with Gasteiger partial charge in [-0.2, -0.15) is 5.10 Å². The van der Waals surface area contributed by atoms with Crippen LogP contribution in [0.5, 0.6) is 11.5 Å². The minimum atomic E-state index is -0.284. The van der Waals surface area contributed by atoms with Gasteiger partial charge >= 0.3 is 0 Å². The van der Waals surface area contributed by atoms with Crippen molar-refractivity contribution >= 4 is 29.4 Å². The van der Waals surface area contributed by atoms with Gasteiger partial charge in [-0.05, 0) is 78.2 Å². The second-order valence-corrected chi connectivity index (χ2v) is 7.61. The predicted octanol–water partition coefficient (Wildman–Crippen LogP) is 4.73. The van der Waals surface area contributed by atoms with E-state index in [0.717, 1.165) is 24.3 Å². The Bertz CT molecular complexity index is 1130. The molecule has 0 aliphatic carbocycles. The number of carbonyl (C=O) groups is 1. The van der Waals surface area contributed by atoms with E-state index in [1.54, 1.807) is 12.1 Å². The number of nitrogens with one attached hydrogen (secondary N) is 1. The van der Waals surface area contributed by atoms with Crippen molar-refractivity contribution in [3.05, 3.63) is 87.9 Å². The van der Waals surface area contributed by atoms with Crippen LogP contribution >= 0.6 is 11.6 Å². The molecule has 1 amide bonds. The first-order chi connectivity index (χ1) is 15.0. The van der Waals surface area contributed by atoms with Crippen LogP contribution < -0.4 is 15.1 Å². The summed E-state index contributed by atoms with van der Waals surface area (Å²) < 4.78 is 5.35. The molecule has 0 unspecified atom stereocenters. The fraction of sp³-hybridized carbons (Fsp3) is 0.167. The third-order valence-corrected chi connectivity index (χ3v) is 5.30. The summed E-state index contributed by atoms with van der Waals surface area (Å²) in [7, 11) is 0. The molecule has 3 aromatic carbocycles. The molecule has 1 heterocycles. The molecule has 4 rings (SSSR count). The van der Waals surface area contributed by atoms with Gasteiger partial charge in [0.05, 0.1) is 12.8 Å². The Morgan fingerprint density at radius 3 is 2.68 bits per heavy atom. The second-order valence-electron chi connectivity index (χ2n) is 7.18. The maximum atomic E-state index is 12.5. The highest BCUT2D eigenvalue weighted by molar-refractivity contribution is 6.30. The van der Waals surface area contributed by atoms with E-state index in [0.29, 0.717) is 28.5 Å². The first-order valence-corrected chi connectivity index (χ1v) is 10.3. The number of anilines is 1. The van der Waals surface area contributed by atoms with Crippen LogP contribution in [0, 0.1) is 0 Å². The maximum absolute atomic E-state index is 12.5. The van der Waals surface area contributed by atoms with Crippen molar-refractivity contribution < 1.29 is 14.6 Å². The summed E-state index contributed by atoms with van der Waals surface area (Å²) in [5.41, 5.74) is 7.21. The molecule has 6 nitrogen and oxygen atoms in total. The van der Waals surface area contributed by atoms with Crippen molar-refractivity contribution in [3.63, 3.8) is 0 Å². The number of phenols is 1. The summed E-state index contributed by atoms with van der Waals surface area (Å²) in [6.45, 7) is 3.81. The number of amides is 1. The molecule has 31 heavy (non-hydrogen) atoms. The Kier molecular flexibility index (Phi) is 6.09. The molecule has 0 radical (unpaired) electrons. The lowest BCUT2D eigenvalue weighted by Crippen LogP contribution is -2.18. The summed E-state index contributed by atoms with van der Waals surface area (Å²) in [6, 6.07) is 18.3. The fourth-order valence-electron chi connectivity index (χ4n) is 3.48. The fourth-order valence-corrected chi connectivity index (χ4v) is 3.61. The second kappa shape index (κ2) is 9.10. The quantitative estimate of drug-likeness (QED) is 0.433. The molecule has 7 heteroatoms. The van der Waals surface area contributed by atoms with Crippen LogP contribution in [0.15, 0.2) is 65.8 Å². The number of fused-ring (bicyclic) bond motifs is 1. The Morgan fingerprint density at radius 1 is 1.13 bits per heavy atom. The van der Waals surface area contributed by atoms with Gasteiger partial charge in [0.2, 0.25) is 0 Å². The Morgan fingerprint density at radius 2 is 1.90 bits per heavy atom. The van der Waals surface area contributed by atoms with Crippen LogP contribution in [0.25, 0.3) is 0 Å². The van der Waals surface area contributed by atoms with Crippen LogP contribution in [-0.4, -0.2) is 23.8 Å². The van der Waals surface area contributed by atoms with Crippen LogP contribution in [0.3, 0.4) is 0 Å². The molecule has 2 N–H and O–H groups in total. The van der Waals surface area contributed by atoms with E-state index in [-0.39, 0.29) is 11.7 Å². The van der Waals surface area contributed by atoms with Crippen LogP contribution in [0.2, 0.25) is 5.02 Å². The molecular formula is C24H22ClN3O3. The van der Waals surface area contributed by atoms with E-state index in [2.05, 4.69) is 15.4 Å². The predicted molar refractivity (Wildman–Crippen MR) is 122 cm³/mol. The summed E-state index contributed by atoms with van der Waals surface area (Å²) >= 11 is 5.98. The van der Waals surface area contributed by atoms with Crippen molar-refractivity contribution in [1.29, 1.82) is 0 Å². The number of hydrogen-bond donors (Lipinski definition) is 2. The average Bonchev–Trinajstić information content (AvgIpc) is 3.20. The van der Waals surface area contributed by atoms with Gasteiger partial charge in [0.15, 0.2) is 11.5 Å². The first-order valence-electron chi connectivity index (χ1n) is 9.95. The lowest BCUT2D eigenvalue weighted by atomic mass is 10.1. The third-order valence-electron chi connectivity index (χ3n) is 5.05. The summed E-state index contributed by atoms with van der Waals surface area (Å²) in [4.78, 5) is 14.8. The smallest absolute Gasteiger partial charge is 0.271 e. The van der Waals surface area contributed by atoms with Crippen molar-refractivity contribution in [1.82, 2.24) is 5.43 Å². The van der Waals surface area contributed by atoms with Gasteiger partial charge < -0.3 is 14.7 Å². The summed E-state index contributed by atoms with van der Waals surface area (Å²) in [5, 5.41) is 14.5. The lowest BCUT2D eigenvalue weighted by molar-refractivity contribution is 0.0955. The zero-order valence-electron chi connectivity index (χ0n) is 17.0. The minimum absolute atomic E-state index is 0.0637. The molecule has 1 aliphatic heterocycles. The molecule has 0 saturated heterocycles. The molecule has 0 atom stereocenters. The largest absolute Gasteiger partial charge is 0.504 e. The number of rotatable bonds is 6. The zero-order valence-corrected chi connectivity index (χ0v) is 17.8. The van der Waals surface area contributed by atoms with Gasteiger partial charge in [-0.25, -0.2) is 5.43 Å². The number of nitrogens with zero attached hydrogens (tertiary/aromatic N) is 2. The summed E-state index contributed by atoms with van der Waals surface area (Å²) in [6.07, 6.45) is 1.51. The topological polar surface area (TPSA) is 74.2 Å². The van der Waals surface area contributed by atoms with Gasteiger partial charge in [-0.3, -0.25) is 4.79 Å². The van der Waals surface area contributed by atoms with E-state index in [1.165, 1.54) is 17.8 Å². The normalized spacial score (nSPS) is 12.8. The molecule has 0 aromatic heterocycles. The zero-order chi connectivity index (χ0) is 21.8. The highest BCUT2D eigenvalue weighted by atomic mass is 35.5. The van der Waals surface area contributed by atoms with Crippen molar-refractivity contribution in [2.24, 2.45) is 5.10 Å². The molecule has 0 saturated carbocycles. The molecular weight excluding hydrogens is 414 g/mol. The molecule has 3 aromatic rings. The van der Waals surface area contributed by atoms with E-state index < -0.39 is 0 Å². The van der Waals surface area contributed by atoms with Crippen LogP contribution in [0.1, 0.15) is 34.0 Å². The molecule has 0 bridgehead atoms. The van der Waals surface area contributed by atoms with E-state index in [4.69, 9.17) is 16.3 Å². The van der Waals surface area contributed by atoms with Crippen molar-refractivity contribution in [3.8, 4) is 11.5 Å². The minimum Gasteiger partial charge on any atom is -0.504 e. The van der Waals surface area contributed by atoms with Gasteiger partial charge in [0, 0.05) is 29.4 Å². The van der Waals surface area contributed by atoms with Crippen LogP contribution in [0.4, 0.5) is 5.69 Å². The number of ether oxygens (including phenoxy) is 1. The third kappa shape index (κ3) is 4.81.